The molecule has 0 radical (unpaired) electrons. The van der Waals surface area contributed by atoms with Crippen molar-refractivity contribution in [1.29, 1.82) is 0 Å². The van der Waals surface area contributed by atoms with Crippen molar-refractivity contribution in [2.24, 2.45) is 0 Å². The molecule has 0 aliphatic carbocycles. The van der Waals surface area contributed by atoms with Gasteiger partial charge >= 0.3 is 0 Å². The predicted molar refractivity (Wildman–Crippen MR) is 130 cm³/mol. The van der Waals surface area contributed by atoms with Crippen molar-refractivity contribution in [2.75, 3.05) is 11.5 Å². The Labute approximate surface area is 191 Å². The van der Waals surface area contributed by atoms with Gasteiger partial charge in [0, 0.05) is 11.3 Å². The number of benzene rings is 2. The summed E-state index contributed by atoms with van der Waals surface area (Å²) in [6.07, 6.45) is 4.31. The van der Waals surface area contributed by atoms with Gasteiger partial charge in [0.1, 0.15) is 5.82 Å². The molecular formula is C25H24N4O3S. The third-order valence-corrected chi connectivity index (χ3v) is 7.90. The molecule has 1 unspecified atom stereocenters. The van der Waals surface area contributed by atoms with E-state index < -0.39 is 9.84 Å². The van der Waals surface area contributed by atoms with Gasteiger partial charge in [-0.15, -0.1) is 0 Å². The average Bonchev–Trinajstić information content (AvgIpc) is 3.30. The predicted octanol–water partition coefficient (Wildman–Crippen LogP) is 3.73. The highest BCUT2D eigenvalue weighted by Crippen LogP contribution is 2.27. The Hall–Kier alpha value is -3.52. The van der Waals surface area contributed by atoms with E-state index in [1.165, 1.54) is 0 Å². The lowest BCUT2D eigenvalue weighted by Crippen LogP contribution is -2.22. The largest absolute Gasteiger partial charge is 0.268 e. The highest BCUT2D eigenvalue weighted by molar-refractivity contribution is 7.91. The Kier molecular flexibility index (Phi) is 5.25. The van der Waals surface area contributed by atoms with Gasteiger partial charge in [-0.3, -0.25) is 14.0 Å². The Bertz CT molecular complexity index is 1550. The van der Waals surface area contributed by atoms with Crippen molar-refractivity contribution in [2.45, 2.75) is 26.3 Å². The molecule has 4 aromatic rings. The van der Waals surface area contributed by atoms with Gasteiger partial charge in [0.25, 0.3) is 5.56 Å². The maximum atomic E-state index is 13.3. The molecule has 0 spiro atoms. The van der Waals surface area contributed by atoms with Gasteiger partial charge in [-0.05, 0) is 56.7 Å². The molecule has 0 amide bonds. The molecule has 2 aromatic heterocycles. The van der Waals surface area contributed by atoms with E-state index in [2.05, 4.69) is 5.10 Å². The summed E-state index contributed by atoms with van der Waals surface area (Å²) in [5.74, 6) is 0.837. The van der Waals surface area contributed by atoms with Crippen LogP contribution >= 0.6 is 0 Å². The van der Waals surface area contributed by atoms with Crippen LogP contribution in [0.2, 0.25) is 0 Å². The number of rotatable bonds is 4. The van der Waals surface area contributed by atoms with Crippen molar-refractivity contribution in [3.05, 3.63) is 87.7 Å². The van der Waals surface area contributed by atoms with Crippen LogP contribution in [0.25, 0.3) is 28.7 Å². The molecule has 0 N–H and O–H groups in total. The number of nitrogens with zero attached hydrogens (tertiary/aromatic N) is 4. The fourth-order valence-corrected chi connectivity index (χ4v) is 6.18. The minimum absolute atomic E-state index is 0.123. The van der Waals surface area contributed by atoms with E-state index >= 15 is 0 Å². The van der Waals surface area contributed by atoms with Gasteiger partial charge in [-0.1, -0.05) is 30.3 Å². The summed E-state index contributed by atoms with van der Waals surface area (Å²) in [5.41, 5.74) is 3.85. The molecule has 7 nitrogen and oxygen atoms in total. The SMILES string of the molecule is Cc1nn(C2CCS(=O)(=O)C2)c(C)c1C=Cc1nc2ccccc2c(=O)n1-c1ccccc1. The van der Waals surface area contributed by atoms with Crippen LogP contribution in [0, 0.1) is 13.8 Å². The summed E-state index contributed by atoms with van der Waals surface area (Å²) in [6, 6.07) is 16.6. The third-order valence-electron chi connectivity index (χ3n) is 6.15. The standard InChI is InChI=1S/C25H24N4O3S/c1-17-21(18(2)29(27-17)20-14-15-33(31,32)16-20)12-13-24-26-23-11-7-6-10-22(23)25(30)28(24)19-8-4-3-5-9-19/h3-13,20H,14-16H2,1-2H3. The van der Waals surface area contributed by atoms with Crippen molar-refractivity contribution in [3.8, 4) is 5.69 Å². The van der Waals surface area contributed by atoms with Crippen LogP contribution in [0.5, 0.6) is 0 Å². The van der Waals surface area contributed by atoms with E-state index in [9.17, 15) is 13.2 Å². The Balaban J connectivity index is 1.62. The second-order valence-corrected chi connectivity index (χ2v) is 10.6. The fourth-order valence-electron chi connectivity index (χ4n) is 4.49. The Morgan fingerprint density at radius 3 is 2.45 bits per heavy atom. The van der Waals surface area contributed by atoms with Crippen LogP contribution in [0.15, 0.2) is 59.4 Å². The monoisotopic (exact) mass is 460 g/mol. The second-order valence-electron chi connectivity index (χ2n) is 8.38. The lowest BCUT2D eigenvalue weighted by Gasteiger charge is -2.12. The van der Waals surface area contributed by atoms with Gasteiger partial charge in [0.15, 0.2) is 9.84 Å². The van der Waals surface area contributed by atoms with Gasteiger partial charge in [-0.2, -0.15) is 5.10 Å². The zero-order valence-electron chi connectivity index (χ0n) is 18.5. The minimum atomic E-state index is -3.01. The van der Waals surface area contributed by atoms with Crippen LogP contribution in [-0.2, 0) is 9.84 Å². The summed E-state index contributed by atoms with van der Waals surface area (Å²) < 4.78 is 27.3. The van der Waals surface area contributed by atoms with Crippen LogP contribution in [0.3, 0.4) is 0 Å². The molecular weight excluding hydrogens is 436 g/mol. The molecule has 1 aliphatic rings. The van der Waals surface area contributed by atoms with E-state index in [1.54, 1.807) is 10.6 Å². The maximum absolute atomic E-state index is 13.3. The molecule has 0 bridgehead atoms. The maximum Gasteiger partial charge on any atom is 0.266 e. The van der Waals surface area contributed by atoms with Crippen molar-refractivity contribution in [1.82, 2.24) is 19.3 Å². The summed E-state index contributed by atoms with van der Waals surface area (Å²) in [5, 5.41) is 5.19. The van der Waals surface area contributed by atoms with E-state index in [1.807, 2.05) is 79.2 Å². The molecule has 1 saturated heterocycles. The first-order valence-electron chi connectivity index (χ1n) is 10.9. The molecule has 33 heavy (non-hydrogen) atoms. The lowest BCUT2D eigenvalue weighted by molar-refractivity contribution is 0.486. The molecule has 8 heteroatoms. The Morgan fingerprint density at radius 2 is 1.73 bits per heavy atom. The summed E-state index contributed by atoms with van der Waals surface area (Å²) in [4.78, 5) is 18.1. The number of aromatic nitrogens is 4. The van der Waals surface area contributed by atoms with Crippen molar-refractivity contribution >= 4 is 32.9 Å². The van der Waals surface area contributed by atoms with Crippen LogP contribution in [-0.4, -0.2) is 39.3 Å². The number of hydrogen-bond donors (Lipinski definition) is 0. The number of aryl methyl sites for hydroxylation is 1. The molecule has 2 aromatic carbocycles. The number of fused-ring (bicyclic) bond motifs is 1. The van der Waals surface area contributed by atoms with Gasteiger partial charge in [0.2, 0.25) is 0 Å². The van der Waals surface area contributed by atoms with E-state index in [0.717, 1.165) is 22.6 Å². The topological polar surface area (TPSA) is 86.8 Å². The van der Waals surface area contributed by atoms with Gasteiger partial charge < -0.3 is 0 Å². The molecule has 5 rings (SSSR count). The summed E-state index contributed by atoms with van der Waals surface area (Å²) >= 11 is 0. The molecule has 3 heterocycles. The zero-order valence-corrected chi connectivity index (χ0v) is 19.3. The lowest BCUT2D eigenvalue weighted by atomic mass is 10.1. The smallest absolute Gasteiger partial charge is 0.266 e. The molecule has 1 aliphatic heterocycles. The summed E-state index contributed by atoms with van der Waals surface area (Å²) in [7, 11) is -3.01. The highest BCUT2D eigenvalue weighted by Gasteiger charge is 2.31. The summed E-state index contributed by atoms with van der Waals surface area (Å²) in [6.45, 7) is 3.85. The average molecular weight is 461 g/mol. The van der Waals surface area contributed by atoms with Crippen LogP contribution in [0.1, 0.15) is 35.2 Å². The molecule has 168 valence electrons. The first-order valence-corrected chi connectivity index (χ1v) is 12.7. The molecule has 1 fully saturated rings. The van der Waals surface area contributed by atoms with Gasteiger partial charge in [0.05, 0.1) is 39.8 Å². The van der Waals surface area contributed by atoms with Crippen LogP contribution in [0.4, 0.5) is 0 Å². The van der Waals surface area contributed by atoms with Crippen molar-refractivity contribution in [3.63, 3.8) is 0 Å². The van der Waals surface area contributed by atoms with Crippen molar-refractivity contribution < 1.29 is 8.42 Å². The first kappa shape index (κ1) is 21.3. The third kappa shape index (κ3) is 3.91. The normalized spacial score (nSPS) is 17.8. The fraction of sp³-hybridized carbons (Fsp3) is 0.240. The first-order chi connectivity index (χ1) is 15.8. The Morgan fingerprint density at radius 1 is 1.00 bits per heavy atom. The van der Waals surface area contributed by atoms with Crippen LogP contribution < -0.4 is 5.56 Å². The number of hydrogen-bond acceptors (Lipinski definition) is 5. The number of para-hydroxylation sites is 2. The van der Waals surface area contributed by atoms with E-state index in [4.69, 9.17) is 4.98 Å². The second kappa shape index (κ2) is 8.12. The van der Waals surface area contributed by atoms with E-state index in [0.29, 0.717) is 23.1 Å². The zero-order chi connectivity index (χ0) is 23.2. The van der Waals surface area contributed by atoms with Gasteiger partial charge in [-0.25, -0.2) is 13.4 Å². The minimum Gasteiger partial charge on any atom is -0.268 e. The quantitative estimate of drug-likeness (QED) is 0.463. The molecule has 0 saturated carbocycles. The molecule has 1 atom stereocenters. The number of sulfone groups is 1. The highest BCUT2D eigenvalue weighted by atomic mass is 32.2. The van der Waals surface area contributed by atoms with E-state index in [-0.39, 0.29) is 23.1 Å².